The number of carbonyl (C=O) groups excluding carboxylic acids is 1. The van der Waals surface area contributed by atoms with Crippen LogP contribution in [0, 0.1) is 11.3 Å². The van der Waals surface area contributed by atoms with Crippen LogP contribution in [0.4, 0.5) is 4.79 Å². The Labute approximate surface area is 92.7 Å². The standard InChI is InChI=1S/C12H9NO3/c1-2-10-11(16-12(14)15-10)9-5-3-8(7-13)4-6-9/h2-6,10-11H,1H2. The largest absolute Gasteiger partial charge is 0.509 e. The number of nitrogens with zero attached hydrogens (tertiary/aromatic N) is 1. The first-order valence-corrected chi connectivity index (χ1v) is 4.74. The molecule has 1 aliphatic rings. The highest BCUT2D eigenvalue weighted by Crippen LogP contribution is 2.30. The first-order chi connectivity index (χ1) is 7.74. The SMILES string of the molecule is C=CC1OC(=O)OC1c1ccc(C#N)cc1. The third-order valence-electron chi connectivity index (χ3n) is 2.35. The smallest absolute Gasteiger partial charge is 0.422 e. The van der Waals surface area contributed by atoms with Crippen molar-refractivity contribution in [3.63, 3.8) is 0 Å². The molecule has 1 heterocycles. The van der Waals surface area contributed by atoms with Crippen molar-refractivity contribution in [1.82, 2.24) is 0 Å². The van der Waals surface area contributed by atoms with E-state index in [1.54, 1.807) is 24.3 Å². The molecule has 0 bridgehead atoms. The van der Waals surface area contributed by atoms with Crippen LogP contribution in [0.5, 0.6) is 0 Å². The van der Waals surface area contributed by atoms with E-state index >= 15 is 0 Å². The van der Waals surface area contributed by atoms with Gasteiger partial charge < -0.3 is 9.47 Å². The Morgan fingerprint density at radius 3 is 2.56 bits per heavy atom. The van der Waals surface area contributed by atoms with Crippen LogP contribution in [0.2, 0.25) is 0 Å². The molecule has 1 aromatic carbocycles. The van der Waals surface area contributed by atoms with Crippen LogP contribution in [0.3, 0.4) is 0 Å². The maximum atomic E-state index is 11.0. The van der Waals surface area contributed by atoms with Gasteiger partial charge in [0.1, 0.15) is 0 Å². The van der Waals surface area contributed by atoms with Gasteiger partial charge in [0.25, 0.3) is 0 Å². The van der Waals surface area contributed by atoms with Crippen LogP contribution in [0.25, 0.3) is 0 Å². The zero-order chi connectivity index (χ0) is 11.5. The van der Waals surface area contributed by atoms with Crippen molar-refractivity contribution in [3.8, 4) is 6.07 Å². The summed E-state index contributed by atoms with van der Waals surface area (Å²) in [6.45, 7) is 3.58. The van der Waals surface area contributed by atoms with E-state index in [0.29, 0.717) is 5.56 Å². The van der Waals surface area contributed by atoms with Gasteiger partial charge in [-0.15, -0.1) is 0 Å². The lowest BCUT2D eigenvalue weighted by molar-refractivity contribution is 0.117. The molecule has 0 aliphatic carbocycles. The van der Waals surface area contributed by atoms with E-state index in [0.717, 1.165) is 5.56 Å². The molecule has 2 unspecified atom stereocenters. The second kappa shape index (κ2) is 4.07. The number of hydrogen-bond acceptors (Lipinski definition) is 4. The lowest BCUT2D eigenvalue weighted by Gasteiger charge is -2.11. The van der Waals surface area contributed by atoms with E-state index in [1.165, 1.54) is 6.08 Å². The van der Waals surface area contributed by atoms with Gasteiger partial charge >= 0.3 is 6.16 Å². The normalized spacial score (nSPS) is 23.1. The van der Waals surface area contributed by atoms with Crippen LogP contribution >= 0.6 is 0 Å². The number of hydrogen-bond donors (Lipinski definition) is 0. The van der Waals surface area contributed by atoms with Gasteiger partial charge in [0.05, 0.1) is 11.6 Å². The Balaban J connectivity index is 2.26. The Hall–Kier alpha value is -2.28. The predicted octanol–water partition coefficient (Wildman–Crippen LogP) is 2.32. The van der Waals surface area contributed by atoms with Crippen molar-refractivity contribution in [2.45, 2.75) is 12.2 Å². The number of carbonyl (C=O) groups is 1. The summed E-state index contributed by atoms with van der Waals surface area (Å²) in [5.74, 6) is 0. The Morgan fingerprint density at radius 2 is 2.00 bits per heavy atom. The van der Waals surface area contributed by atoms with Gasteiger partial charge in [0, 0.05) is 0 Å². The zero-order valence-electron chi connectivity index (χ0n) is 8.42. The topological polar surface area (TPSA) is 59.3 Å². The highest BCUT2D eigenvalue weighted by molar-refractivity contribution is 5.63. The summed E-state index contributed by atoms with van der Waals surface area (Å²) in [5.41, 5.74) is 1.35. The molecule has 1 aromatic rings. The van der Waals surface area contributed by atoms with Gasteiger partial charge in [-0.25, -0.2) is 4.79 Å². The number of ether oxygens (including phenoxy) is 2. The van der Waals surface area contributed by atoms with Crippen molar-refractivity contribution in [2.24, 2.45) is 0 Å². The molecule has 80 valence electrons. The molecule has 1 fully saturated rings. The molecule has 1 saturated heterocycles. The average Bonchev–Trinajstić information content (AvgIpc) is 2.70. The summed E-state index contributed by atoms with van der Waals surface area (Å²) in [6, 6.07) is 8.83. The highest BCUT2D eigenvalue weighted by atomic mass is 16.8. The quantitative estimate of drug-likeness (QED) is 0.561. The van der Waals surface area contributed by atoms with E-state index in [9.17, 15) is 4.79 Å². The lowest BCUT2D eigenvalue weighted by Crippen LogP contribution is -2.11. The summed E-state index contributed by atoms with van der Waals surface area (Å²) in [6.07, 6.45) is -0.120. The maximum absolute atomic E-state index is 11.0. The molecule has 0 amide bonds. The fraction of sp³-hybridized carbons (Fsp3) is 0.167. The first kappa shape index (κ1) is 10.2. The molecule has 4 nitrogen and oxygen atoms in total. The molecule has 0 radical (unpaired) electrons. The Morgan fingerprint density at radius 1 is 1.31 bits per heavy atom. The summed E-state index contributed by atoms with van der Waals surface area (Å²) >= 11 is 0. The summed E-state index contributed by atoms with van der Waals surface area (Å²) in [5, 5.41) is 8.66. The average molecular weight is 215 g/mol. The van der Waals surface area contributed by atoms with E-state index in [4.69, 9.17) is 14.7 Å². The number of benzene rings is 1. The molecule has 0 saturated carbocycles. The third-order valence-corrected chi connectivity index (χ3v) is 2.35. The lowest BCUT2D eigenvalue weighted by atomic mass is 10.0. The van der Waals surface area contributed by atoms with Gasteiger partial charge in [-0.2, -0.15) is 5.26 Å². The van der Waals surface area contributed by atoms with Gasteiger partial charge in [0.15, 0.2) is 12.2 Å². The number of cyclic esters (lactones) is 2. The van der Waals surface area contributed by atoms with Crippen molar-refractivity contribution in [3.05, 3.63) is 48.0 Å². The van der Waals surface area contributed by atoms with E-state index in [1.807, 2.05) is 6.07 Å². The Bertz CT molecular complexity index is 458. The minimum absolute atomic E-state index is 0.472. The zero-order valence-corrected chi connectivity index (χ0v) is 8.42. The second-order valence-corrected chi connectivity index (χ2v) is 3.34. The van der Waals surface area contributed by atoms with Crippen LogP contribution in [0.15, 0.2) is 36.9 Å². The number of rotatable bonds is 2. The van der Waals surface area contributed by atoms with Crippen molar-refractivity contribution >= 4 is 6.16 Å². The minimum atomic E-state index is -0.695. The molecule has 2 rings (SSSR count). The van der Waals surface area contributed by atoms with Gasteiger partial charge in [-0.3, -0.25) is 0 Å². The van der Waals surface area contributed by atoms with E-state index < -0.39 is 18.4 Å². The fourth-order valence-electron chi connectivity index (χ4n) is 1.55. The molecule has 0 N–H and O–H groups in total. The monoisotopic (exact) mass is 215 g/mol. The van der Waals surface area contributed by atoms with Gasteiger partial charge in [-0.05, 0) is 23.8 Å². The summed E-state index contributed by atoms with van der Waals surface area (Å²) in [4.78, 5) is 11.0. The van der Waals surface area contributed by atoms with Crippen molar-refractivity contribution in [1.29, 1.82) is 5.26 Å². The van der Waals surface area contributed by atoms with Crippen LogP contribution < -0.4 is 0 Å². The van der Waals surface area contributed by atoms with Crippen LogP contribution in [-0.2, 0) is 9.47 Å². The highest BCUT2D eigenvalue weighted by Gasteiger charge is 2.35. The van der Waals surface area contributed by atoms with Crippen LogP contribution in [-0.4, -0.2) is 12.3 Å². The fourth-order valence-corrected chi connectivity index (χ4v) is 1.55. The third kappa shape index (κ3) is 1.75. The molecule has 2 atom stereocenters. The predicted molar refractivity (Wildman–Crippen MR) is 55.4 cm³/mol. The second-order valence-electron chi connectivity index (χ2n) is 3.34. The van der Waals surface area contributed by atoms with Gasteiger partial charge in [-0.1, -0.05) is 18.7 Å². The summed E-state index contributed by atoms with van der Waals surface area (Å²) < 4.78 is 9.90. The molecule has 4 heteroatoms. The maximum Gasteiger partial charge on any atom is 0.509 e. The van der Waals surface area contributed by atoms with E-state index in [2.05, 4.69) is 6.58 Å². The van der Waals surface area contributed by atoms with Crippen LogP contribution in [0.1, 0.15) is 17.2 Å². The Kier molecular flexibility index (Phi) is 2.61. The molecule has 1 aliphatic heterocycles. The molecular formula is C12H9NO3. The van der Waals surface area contributed by atoms with Crippen molar-refractivity contribution < 1.29 is 14.3 Å². The van der Waals surface area contributed by atoms with Gasteiger partial charge in [0.2, 0.25) is 0 Å². The number of nitriles is 1. The first-order valence-electron chi connectivity index (χ1n) is 4.74. The molecule has 16 heavy (non-hydrogen) atoms. The van der Waals surface area contributed by atoms with Crippen molar-refractivity contribution in [2.75, 3.05) is 0 Å². The molecule has 0 aromatic heterocycles. The minimum Gasteiger partial charge on any atom is -0.422 e. The van der Waals surface area contributed by atoms with E-state index in [-0.39, 0.29) is 0 Å². The summed E-state index contributed by atoms with van der Waals surface area (Å²) in [7, 11) is 0. The molecular weight excluding hydrogens is 206 g/mol. The molecule has 0 spiro atoms.